The Labute approximate surface area is 113 Å². The molecule has 0 saturated heterocycles. The van der Waals surface area contributed by atoms with Crippen molar-refractivity contribution in [2.75, 3.05) is 19.8 Å². The minimum absolute atomic E-state index is 0.00157. The van der Waals surface area contributed by atoms with E-state index in [1.807, 2.05) is 0 Å². The van der Waals surface area contributed by atoms with E-state index in [2.05, 4.69) is 5.32 Å². The van der Waals surface area contributed by atoms with E-state index in [1.54, 1.807) is 0 Å². The van der Waals surface area contributed by atoms with Crippen LogP contribution in [0.15, 0.2) is 0 Å². The second kappa shape index (κ2) is 10.6. The quantitative estimate of drug-likeness (QED) is 0.525. The fourth-order valence-corrected chi connectivity index (χ4v) is 1.41. The van der Waals surface area contributed by atoms with E-state index in [9.17, 15) is 19.5 Å². The van der Waals surface area contributed by atoms with E-state index in [0.717, 1.165) is 12.8 Å². The predicted molar refractivity (Wildman–Crippen MR) is 69.7 cm³/mol. The number of Topliss-reactive ketones (excluding diaryl/α,β-unsaturated/α-hetero) is 2. The highest BCUT2D eigenvalue weighted by Gasteiger charge is 2.10. The van der Waals surface area contributed by atoms with E-state index in [-0.39, 0.29) is 37.0 Å². The number of aliphatic hydroxyl groups excluding tert-OH is 1. The van der Waals surface area contributed by atoms with Gasteiger partial charge in [-0.15, -0.1) is 0 Å². The standard InChI is InChI=1S/C13H23NO5/c1-10(15)8-14-13(18)7-12(17)5-3-4-6-19-9-11(2)16/h12,17H,3-9H2,1-2H3,(H,14,18). The summed E-state index contributed by atoms with van der Waals surface area (Å²) >= 11 is 0. The van der Waals surface area contributed by atoms with E-state index in [4.69, 9.17) is 4.74 Å². The summed E-state index contributed by atoms with van der Waals surface area (Å²) in [5.74, 6) is -0.455. The van der Waals surface area contributed by atoms with Crippen molar-refractivity contribution in [3.8, 4) is 0 Å². The van der Waals surface area contributed by atoms with Crippen molar-refractivity contribution >= 4 is 17.5 Å². The molecule has 0 aromatic rings. The van der Waals surface area contributed by atoms with Gasteiger partial charge >= 0.3 is 0 Å². The number of carbonyl (C=O) groups is 3. The molecule has 2 N–H and O–H groups in total. The van der Waals surface area contributed by atoms with E-state index < -0.39 is 6.10 Å². The summed E-state index contributed by atoms with van der Waals surface area (Å²) in [6.07, 6.45) is 1.25. The molecular weight excluding hydrogens is 250 g/mol. The third-order valence-electron chi connectivity index (χ3n) is 2.34. The van der Waals surface area contributed by atoms with Crippen molar-refractivity contribution < 1.29 is 24.2 Å². The van der Waals surface area contributed by atoms with Crippen molar-refractivity contribution in [1.29, 1.82) is 0 Å². The molecule has 0 heterocycles. The summed E-state index contributed by atoms with van der Waals surface area (Å²) in [7, 11) is 0. The Morgan fingerprint density at radius 1 is 1.16 bits per heavy atom. The average Bonchev–Trinajstić information content (AvgIpc) is 2.30. The first-order valence-corrected chi connectivity index (χ1v) is 6.43. The molecule has 1 unspecified atom stereocenters. The number of nitrogens with one attached hydrogen (secondary N) is 1. The molecule has 19 heavy (non-hydrogen) atoms. The number of ether oxygens (including phenoxy) is 1. The van der Waals surface area contributed by atoms with Crippen LogP contribution in [0.1, 0.15) is 39.5 Å². The Kier molecular flexibility index (Phi) is 9.92. The molecule has 110 valence electrons. The average molecular weight is 273 g/mol. The van der Waals surface area contributed by atoms with Gasteiger partial charge in [-0.3, -0.25) is 14.4 Å². The SMILES string of the molecule is CC(=O)CNC(=O)CC(O)CCCCOCC(C)=O. The number of amides is 1. The van der Waals surface area contributed by atoms with Crippen molar-refractivity contribution in [3.05, 3.63) is 0 Å². The van der Waals surface area contributed by atoms with Crippen LogP contribution < -0.4 is 5.32 Å². The molecule has 0 spiro atoms. The molecular formula is C13H23NO5. The predicted octanol–water partition coefficient (Wildman–Crippen LogP) is 0.218. The summed E-state index contributed by atoms with van der Waals surface area (Å²) < 4.78 is 5.07. The van der Waals surface area contributed by atoms with Crippen LogP contribution in [0.5, 0.6) is 0 Å². The largest absolute Gasteiger partial charge is 0.393 e. The molecule has 0 aliphatic rings. The number of aliphatic hydroxyl groups is 1. The maximum absolute atomic E-state index is 11.3. The van der Waals surface area contributed by atoms with Crippen molar-refractivity contribution in [3.63, 3.8) is 0 Å². The smallest absolute Gasteiger partial charge is 0.222 e. The van der Waals surface area contributed by atoms with Gasteiger partial charge in [-0.2, -0.15) is 0 Å². The molecule has 1 amide bonds. The van der Waals surface area contributed by atoms with Crippen LogP contribution in [0.25, 0.3) is 0 Å². The zero-order valence-corrected chi connectivity index (χ0v) is 11.6. The molecule has 0 aliphatic carbocycles. The second-order valence-electron chi connectivity index (χ2n) is 4.59. The number of ketones is 2. The maximum atomic E-state index is 11.3. The van der Waals surface area contributed by atoms with Crippen LogP contribution in [0, 0.1) is 0 Å². The lowest BCUT2D eigenvalue weighted by Gasteiger charge is -2.10. The summed E-state index contributed by atoms with van der Waals surface area (Å²) in [5, 5.41) is 12.0. The third kappa shape index (κ3) is 13.0. The van der Waals surface area contributed by atoms with Crippen LogP contribution in [-0.2, 0) is 19.1 Å². The van der Waals surface area contributed by atoms with Crippen LogP contribution >= 0.6 is 0 Å². The van der Waals surface area contributed by atoms with Gasteiger partial charge in [0.2, 0.25) is 5.91 Å². The van der Waals surface area contributed by atoms with E-state index in [0.29, 0.717) is 13.0 Å². The number of carbonyl (C=O) groups excluding carboxylic acids is 3. The first kappa shape index (κ1) is 17.7. The highest BCUT2D eigenvalue weighted by atomic mass is 16.5. The first-order valence-electron chi connectivity index (χ1n) is 6.43. The van der Waals surface area contributed by atoms with Gasteiger partial charge in [0, 0.05) is 6.61 Å². The lowest BCUT2D eigenvalue weighted by molar-refractivity contribution is -0.126. The van der Waals surface area contributed by atoms with Gasteiger partial charge in [0.05, 0.1) is 19.1 Å². The molecule has 0 bridgehead atoms. The van der Waals surface area contributed by atoms with Gasteiger partial charge in [-0.1, -0.05) is 0 Å². The fourth-order valence-electron chi connectivity index (χ4n) is 1.41. The van der Waals surface area contributed by atoms with Gasteiger partial charge < -0.3 is 15.2 Å². The molecule has 0 aliphatic heterocycles. The minimum Gasteiger partial charge on any atom is -0.393 e. The molecule has 6 heteroatoms. The van der Waals surface area contributed by atoms with Crippen LogP contribution in [0.4, 0.5) is 0 Å². The Bertz CT molecular complexity index is 303. The summed E-state index contributed by atoms with van der Waals surface area (Å²) in [6.45, 7) is 3.45. The fraction of sp³-hybridized carbons (Fsp3) is 0.769. The van der Waals surface area contributed by atoms with E-state index >= 15 is 0 Å². The highest BCUT2D eigenvalue weighted by Crippen LogP contribution is 2.04. The number of unbranched alkanes of at least 4 members (excludes halogenated alkanes) is 1. The Balaban J connectivity index is 3.48. The van der Waals surface area contributed by atoms with Crippen molar-refractivity contribution in [1.82, 2.24) is 5.32 Å². The molecule has 0 aromatic carbocycles. The number of hydrogen-bond acceptors (Lipinski definition) is 5. The Morgan fingerprint density at radius 2 is 1.84 bits per heavy atom. The van der Waals surface area contributed by atoms with Gasteiger partial charge in [0.25, 0.3) is 0 Å². The van der Waals surface area contributed by atoms with Crippen LogP contribution in [-0.4, -0.2) is 48.4 Å². The lowest BCUT2D eigenvalue weighted by Crippen LogP contribution is -2.31. The molecule has 1 atom stereocenters. The van der Waals surface area contributed by atoms with Gasteiger partial charge in [-0.05, 0) is 33.1 Å². The van der Waals surface area contributed by atoms with Crippen LogP contribution in [0.3, 0.4) is 0 Å². The minimum atomic E-state index is -0.709. The maximum Gasteiger partial charge on any atom is 0.222 e. The summed E-state index contributed by atoms with van der Waals surface area (Å²) in [4.78, 5) is 32.5. The van der Waals surface area contributed by atoms with Crippen molar-refractivity contribution in [2.45, 2.75) is 45.6 Å². The lowest BCUT2D eigenvalue weighted by atomic mass is 10.1. The first-order chi connectivity index (χ1) is 8.91. The van der Waals surface area contributed by atoms with Gasteiger partial charge in [0.15, 0.2) is 5.78 Å². The topological polar surface area (TPSA) is 92.7 Å². The molecule has 0 aromatic heterocycles. The zero-order valence-electron chi connectivity index (χ0n) is 11.6. The van der Waals surface area contributed by atoms with Crippen LogP contribution in [0.2, 0.25) is 0 Å². The van der Waals surface area contributed by atoms with Gasteiger partial charge in [0.1, 0.15) is 12.4 Å². The highest BCUT2D eigenvalue weighted by molar-refractivity contribution is 5.84. The third-order valence-corrected chi connectivity index (χ3v) is 2.34. The molecule has 6 nitrogen and oxygen atoms in total. The second-order valence-corrected chi connectivity index (χ2v) is 4.59. The summed E-state index contributed by atoms with van der Waals surface area (Å²) in [6, 6.07) is 0. The summed E-state index contributed by atoms with van der Waals surface area (Å²) in [5.41, 5.74) is 0. The molecule has 0 fully saturated rings. The van der Waals surface area contributed by atoms with E-state index in [1.165, 1.54) is 13.8 Å². The molecule has 0 radical (unpaired) electrons. The zero-order chi connectivity index (χ0) is 14.7. The normalized spacial score (nSPS) is 11.9. The van der Waals surface area contributed by atoms with Crippen molar-refractivity contribution in [2.24, 2.45) is 0 Å². The number of rotatable bonds is 11. The molecule has 0 rings (SSSR count). The van der Waals surface area contributed by atoms with Gasteiger partial charge in [-0.25, -0.2) is 0 Å². The molecule has 0 saturated carbocycles. The number of hydrogen-bond donors (Lipinski definition) is 2. The Hall–Kier alpha value is -1.27. The monoisotopic (exact) mass is 273 g/mol. The Morgan fingerprint density at radius 3 is 2.42 bits per heavy atom.